The number of nitrogens with one attached hydrogen (secondary N) is 1. The van der Waals surface area contributed by atoms with E-state index in [0.29, 0.717) is 24.0 Å². The second-order valence-corrected chi connectivity index (χ2v) is 9.54. The Morgan fingerprint density at radius 2 is 1.58 bits per heavy atom. The summed E-state index contributed by atoms with van der Waals surface area (Å²) in [6.45, 7) is 3.03. The van der Waals surface area contributed by atoms with Crippen LogP contribution < -0.4 is 5.56 Å². The van der Waals surface area contributed by atoms with Crippen molar-refractivity contribution in [2.24, 2.45) is 0 Å². The van der Waals surface area contributed by atoms with Crippen molar-refractivity contribution in [3.8, 4) is 0 Å². The quantitative estimate of drug-likeness (QED) is 0.452. The summed E-state index contributed by atoms with van der Waals surface area (Å²) in [5.41, 5.74) is 4.20. The van der Waals surface area contributed by atoms with Crippen molar-refractivity contribution < 1.29 is 4.79 Å². The Kier molecular flexibility index (Phi) is 6.60. The van der Waals surface area contributed by atoms with Crippen LogP contribution in [0.25, 0.3) is 0 Å². The molecule has 1 aliphatic heterocycles. The lowest BCUT2D eigenvalue weighted by Crippen LogP contribution is -2.50. The SMILES string of the molecule is O=C(CSc1nc2c(c(=O)[nH]1)CCC2)N1CCN(C(c2ccccc2)c2ccccc2)CC1. The molecule has 6 nitrogen and oxygen atoms in total. The molecule has 1 aliphatic carbocycles. The molecule has 2 aromatic carbocycles. The smallest absolute Gasteiger partial charge is 0.254 e. The third-order valence-electron chi connectivity index (χ3n) is 6.51. The van der Waals surface area contributed by atoms with Crippen LogP contribution >= 0.6 is 11.8 Å². The third-order valence-corrected chi connectivity index (χ3v) is 7.37. The number of carbonyl (C=O) groups excluding carboxylic acids is 1. The number of rotatable bonds is 6. The van der Waals surface area contributed by atoms with Gasteiger partial charge in [-0.25, -0.2) is 4.98 Å². The first kappa shape index (κ1) is 21.9. The van der Waals surface area contributed by atoms with Crippen molar-refractivity contribution in [2.45, 2.75) is 30.5 Å². The predicted molar refractivity (Wildman–Crippen MR) is 130 cm³/mol. The molecule has 5 rings (SSSR count). The van der Waals surface area contributed by atoms with Gasteiger partial charge in [0.15, 0.2) is 5.16 Å². The Morgan fingerprint density at radius 1 is 0.939 bits per heavy atom. The number of amides is 1. The molecule has 1 N–H and O–H groups in total. The minimum absolute atomic E-state index is 0.0473. The first-order valence-corrected chi connectivity index (χ1v) is 12.5. The number of aryl methyl sites for hydroxylation is 1. The zero-order valence-corrected chi connectivity index (χ0v) is 19.4. The van der Waals surface area contributed by atoms with Gasteiger partial charge in [-0.3, -0.25) is 14.5 Å². The third kappa shape index (κ3) is 4.89. The van der Waals surface area contributed by atoms with Crippen LogP contribution in [0.3, 0.4) is 0 Å². The Hall–Kier alpha value is -2.90. The zero-order chi connectivity index (χ0) is 22.6. The maximum Gasteiger partial charge on any atom is 0.254 e. The lowest BCUT2D eigenvalue weighted by Gasteiger charge is -2.39. The molecule has 0 spiro atoms. The summed E-state index contributed by atoms with van der Waals surface area (Å²) < 4.78 is 0. The molecule has 1 amide bonds. The highest BCUT2D eigenvalue weighted by Gasteiger charge is 2.28. The van der Waals surface area contributed by atoms with Crippen LogP contribution in [-0.4, -0.2) is 57.6 Å². The molecule has 2 aliphatic rings. The number of nitrogens with zero attached hydrogens (tertiary/aromatic N) is 3. The van der Waals surface area contributed by atoms with E-state index in [1.54, 1.807) is 0 Å². The molecule has 0 atom stereocenters. The van der Waals surface area contributed by atoms with Gasteiger partial charge in [-0.05, 0) is 30.4 Å². The summed E-state index contributed by atoms with van der Waals surface area (Å²) in [5, 5.41) is 0.556. The van der Waals surface area contributed by atoms with Crippen LogP contribution in [-0.2, 0) is 17.6 Å². The molecule has 1 aromatic heterocycles. The number of hydrogen-bond acceptors (Lipinski definition) is 5. The minimum atomic E-state index is -0.0473. The molecule has 1 fully saturated rings. The van der Waals surface area contributed by atoms with E-state index in [1.165, 1.54) is 22.9 Å². The Balaban J connectivity index is 1.21. The molecule has 170 valence electrons. The van der Waals surface area contributed by atoms with Crippen LogP contribution in [0, 0.1) is 0 Å². The lowest BCUT2D eigenvalue weighted by molar-refractivity contribution is -0.130. The second kappa shape index (κ2) is 9.93. The van der Waals surface area contributed by atoms with Gasteiger partial charge in [-0.15, -0.1) is 0 Å². The van der Waals surface area contributed by atoms with Gasteiger partial charge in [0, 0.05) is 31.7 Å². The molecular formula is C26H28N4O2S. The van der Waals surface area contributed by atoms with Crippen molar-refractivity contribution in [3.63, 3.8) is 0 Å². The molecular weight excluding hydrogens is 432 g/mol. The molecule has 1 saturated heterocycles. The minimum Gasteiger partial charge on any atom is -0.339 e. The zero-order valence-electron chi connectivity index (χ0n) is 18.6. The van der Waals surface area contributed by atoms with Crippen LogP contribution in [0.1, 0.15) is 34.8 Å². The highest BCUT2D eigenvalue weighted by Crippen LogP contribution is 2.29. The number of thioether (sulfide) groups is 1. The summed E-state index contributed by atoms with van der Waals surface area (Å²) in [7, 11) is 0. The number of aromatic nitrogens is 2. The van der Waals surface area contributed by atoms with Crippen LogP contribution in [0.4, 0.5) is 0 Å². The fourth-order valence-corrected chi connectivity index (χ4v) is 5.61. The predicted octanol–water partition coefficient (Wildman–Crippen LogP) is 3.28. The van der Waals surface area contributed by atoms with Gasteiger partial charge >= 0.3 is 0 Å². The molecule has 2 heterocycles. The topological polar surface area (TPSA) is 69.3 Å². The van der Waals surface area contributed by atoms with E-state index in [2.05, 4.69) is 63.4 Å². The molecule has 3 aromatic rings. The van der Waals surface area contributed by atoms with Gasteiger partial charge in [0.1, 0.15) is 0 Å². The average molecular weight is 461 g/mol. The maximum absolute atomic E-state index is 12.9. The largest absolute Gasteiger partial charge is 0.339 e. The van der Waals surface area contributed by atoms with Gasteiger partial charge < -0.3 is 9.88 Å². The van der Waals surface area contributed by atoms with E-state index in [0.717, 1.165) is 43.6 Å². The number of piperazine rings is 1. The van der Waals surface area contributed by atoms with Gasteiger partial charge in [-0.1, -0.05) is 72.4 Å². The van der Waals surface area contributed by atoms with Crippen molar-refractivity contribution >= 4 is 17.7 Å². The standard InChI is InChI=1S/C26H28N4O2S/c31-23(18-33-26-27-22-13-7-12-21(22)25(32)28-26)29-14-16-30(17-15-29)24(19-8-3-1-4-9-19)20-10-5-2-6-11-20/h1-6,8-11,24H,7,12-18H2,(H,27,28,32). The number of benzene rings is 2. The molecule has 0 radical (unpaired) electrons. The lowest BCUT2D eigenvalue weighted by atomic mass is 9.96. The van der Waals surface area contributed by atoms with Gasteiger partial charge in [0.05, 0.1) is 17.5 Å². The average Bonchev–Trinajstić information content (AvgIpc) is 3.34. The first-order chi connectivity index (χ1) is 16.2. The van der Waals surface area contributed by atoms with Crippen molar-refractivity contribution in [1.29, 1.82) is 0 Å². The number of fused-ring (bicyclic) bond motifs is 1. The highest BCUT2D eigenvalue weighted by molar-refractivity contribution is 7.99. The second-order valence-electron chi connectivity index (χ2n) is 8.58. The van der Waals surface area contributed by atoms with Crippen molar-refractivity contribution in [3.05, 3.63) is 93.4 Å². The fraction of sp³-hybridized carbons (Fsp3) is 0.346. The van der Waals surface area contributed by atoms with Crippen LogP contribution in [0.2, 0.25) is 0 Å². The van der Waals surface area contributed by atoms with Gasteiger partial charge in [-0.2, -0.15) is 0 Å². The number of H-pyrrole nitrogens is 1. The van der Waals surface area contributed by atoms with Crippen molar-refractivity contribution in [1.82, 2.24) is 19.8 Å². The normalized spacial score (nSPS) is 16.2. The van der Waals surface area contributed by atoms with Gasteiger partial charge in [0.25, 0.3) is 5.56 Å². The fourth-order valence-electron chi connectivity index (χ4n) is 4.82. The summed E-state index contributed by atoms with van der Waals surface area (Å²) in [6, 6.07) is 21.3. The van der Waals surface area contributed by atoms with Crippen LogP contribution in [0.5, 0.6) is 0 Å². The summed E-state index contributed by atoms with van der Waals surface area (Å²) in [5.74, 6) is 0.390. The van der Waals surface area contributed by atoms with Gasteiger partial charge in [0.2, 0.25) is 5.91 Å². The maximum atomic E-state index is 12.9. The Labute approximate surface area is 198 Å². The Bertz CT molecular complexity index is 1120. The Morgan fingerprint density at radius 3 is 2.21 bits per heavy atom. The summed E-state index contributed by atoms with van der Waals surface area (Å²) in [4.78, 5) is 36.9. The molecule has 33 heavy (non-hydrogen) atoms. The summed E-state index contributed by atoms with van der Waals surface area (Å²) in [6.07, 6.45) is 2.64. The van der Waals surface area contributed by atoms with Crippen LogP contribution in [0.15, 0.2) is 70.6 Å². The number of aromatic amines is 1. The van der Waals surface area contributed by atoms with Crippen molar-refractivity contribution in [2.75, 3.05) is 31.9 Å². The number of hydrogen-bond donors (Lipinski definition) is 1. The molecule has 0 bridgehead atoms. The molecule has 7 heteroatoms. The number of carbonyl (C=O) groups is 1. The van der Waals surface area contributed by atoms with E-state index in [4.69, 9.17) is 0 Å². The molecule has 0 unspecified atom stereocenters. The summed E-state index contributed by atoms with van der Waals surface area (Å²) >= 11 is 1.33. The first-order valence-electron chi connectivity index (χ1n) is 11.6. The van der Waals surface area contributed by atoms with E-state index >= 15 is 0 Å². The monoisotopic (exact) mass is 460 g/mol. The van der Waals surface area contributed by atoms with E-state index in [1.807, 2.05) is 17.0 Å². The molecule has 0 saturated carbocycles. The highest BCUT2D eigenvalue weighted by atomic mass is 32.2. The van der Waals surface area contributed by atoms with E-state index < -0.39 is 0 Å². The van der Waals surface area contributed by atoms with E-state index in [-0.39, 0.29) is 17.5 Å². The van der Waals surface area contributed by atoms with E-state index in [9.17, 15) is 9.59 Å².